The first-order chi connectivity index (χ1) is 10.5. The van der Waals surface area contributed by atoms with E-state index in [-0.39, 0.29) is 5.56 Å². The summed E-state index contributed by atoms with van der Waals surface area (Å²) in [5.41, 5.74) is 5.14. The van der Waals surface area contributed by atoms with Crippen LogP contribution in [0.15, 0.2) is 12.1 Å². The Hall–Kier alpha value is -2.44. The number of benzene rings is 1. The molecular formula is C15H21NO6. The first-order valence-corrected chi connectivity index (χ1v) is 7.05. The zero-order valence-electron chi connectivity index (χ0n) is 13.0. The van der Waals surface area contributed by atoms with Crippen molar-refractivity contribution < 1.29 is 28.5 Å². The van der Waals surface area contributed by atoms with Crippen LogP contribution < -0.4 is 19.9 Å². The molecule has 0 heterocycles. The van der Waals surface area contributed by atoms with Crippen molar-refractivity contribution in [3.63, 3.8) is 0 Å². The minimum atomic E-state index is -0.727. The standard InChI is InChI=1S/C15H21NO6/c1-4-19-11-7-10(15(18)22-9-13(16)17)8-12(20-5-2)14(11)21-6-3/h7-8H,4-6,9H2,1-3H3,(H2,16,17). The van der Waals surface area contributed by atoms with E-state index in [1.807, 2.05) is 20.8 Å². The fourth-order valence-electron chi connectivity index (χ4n) is 1.73. The van der Waals surface area contributed by atoms with Gasteiger partial charge in [0.25, 0.3) is 5.91 Å². The number of rotatable bonds is 9. The minimum Gasteiger partial charge on any atom is -0.490 e. The summed E-state index contributed by atoms with van der Waals surface area (Å²) in [6.07, 6.45) is 0. The van der Waals surface area contributed by atoms with Crippen molar-refractivity contribution in [2.75, 3.05) is 26.4 Å². The lowest BCUT2D eigenvalue weighted by Gasteiger charge is -2.16. The summed E-state index contributed by atoms with van der Waals surface area (Å²) in [7, 11) is 0. The Bertz CT molecular complexity index is 502. The smallest absolute Gasteiger partial charge is 0.338 e. The van der Waals surface area contributed by atoms with Gasteiger partial charge in [-0.05, 0) is 32.9 Å². The van der Waals surface area contributed by atoms with E-state index in [1.54, 1.807) is 0 Å². The van der Waals surface area contributed by atoms with Crippen molar-refractivity contribution in [2.45, 2.75) is 20.8 Å². The van der Waals surface area contributed by atoms with Crippen LogP contribution in [0.1, 0.15) is 31.1 Å². The molecule has 2 N–H and O–H groups in total. The maximum Gasteiger partial charge on any atom is 0.338 e. The number of nitrogens with two attached hydrogens (primary N) is 1. The van der Waals surface area contributed by atoms with Gasteiger partial charge in [-0.2, -0.15) is 0 Å². The van der Waals surface area contributed by atoms with E-state index in [1.165, 1.54) is 12.1 Å². The SMILES string of the molecule is CCOc1cc(C(=O)OCC(N)=O)cc(OCC)c1OCC. The molecule has 1 aromatic rings. The van der Waals surface area contributed by atoms with Gasteiger partial charge in [-0.1, -0.05) is 0 Å². The molecule has 0 aliphatic carbocycles. The van der Waals surface area contributed by atoms with E-state index >= 15 is 0 Å². The van der Waals surface area contributed by atoms with Crippen LogP contribution in [0.5, 0.6) is 17.2 Å². The van der Waals surface area contributed by atoms with Gasteiger partial charge in [-0.25, -0.2) is 4.79 Å². The predicted molar refractivity (Wildman–Crippen MR) is 79.4 cm³/mol. The van der Waals surface area contributed by atoms with Crippen LogP contribution in [0.4, 0.5) is 0 Å². The number of carbonyl (C=O) groups excluding carboxylic acids is 2. The Kier molecular flexibility index (Phi) is 7.01. The van der Waals surface area contributed by atoms with Crippen molar-refractivity contribution in [1.29, 1.82) is 0 Å². The fraction of sp³-hybridized carbons (Fsp3) is 0.467. The summed E-state index contributed by atoms with van der Waals surface area (Å²) >= 11 is 0. The molecule has 0 saturated carbocycles. The number of hydrogen-bond acceptors (Lipinski definition) is 6. The van der Waals surface area contributed by atoms with E-state index in [0.29, 0.717) is 37.1 Å². The van der Waals surface area contributed by atoms with Gasteiger partial charge < -0.3 is 24.7 Å². The molecular weight excluding hydrogens is 290 g/mol. The summed E-state index contributed by atoms with van der Waals surface area (Å²) < 4.78 is 21.3. The molecule has 7 heteroatoms. The first kappa shape index (κ1) is 17.6. The van der Waals surface area contributed by atoms with Crippen LogP contribution in [0.2, 0.25) is 0 Å². The van der Waals surface area contributed by atoms with Crippen molar-refractivity contribution >= 4 is 11.9 Å². The largest absolute Gasteiger partial charge is 0.490 e. The zero-order chi connectivity index (χ0) is 16.5. The van der Waals surface area contributed by atoms with Crippen LogP contribution in [0, 0.1) is 0 Å². The Morgan fingerprint density at radius 1 is 0.955 bits per heavy atom. The molecule has 0 unspecified atom stereocenters. The van der Waals surface area contributed by atoms with E-state index in [4.69, 9.17) is 24.7 Å². The van der Waals surface area contributed by atoms with Gasteiger partial charge >= 0.3 is 5.97 Å². The van der Waals surface area contributed by atoms with Gasteiger partial charge in [0.15, 0.2) is 18.1 Å². The molecule has 7 nitrogen and oxygen atoms in total. The summed E-state index contributed by atoms with van der Waals surface area (Å²) in [6, 6.07) is 2.97. The number of primary amides is 1. The normalized spacial score (nSPS) is 9.95. The second-order valence-corrected chi connectivity index (χ2v) is 4.14. The van der Waals surface area contributed by atoms with Crippen LogP contribution >= 0.6 is 0 Å². The Labute approximate surface area is 129 Å². The Morgan fingerprint density at radius 3 is 1.86 bits per heavy atom. The number of ether oxygens (including phenoxy) is 4. The molecule has 0 aliphatic rings. The van der Waals surface area contributed by atoms with E-state index in [0.717, 1.165) is 0 Å². The number of carbonyl (C=O) groups is 2. The second kappa shape index (κ2) is 8.76. The highest BCUT2D eigenvalue weighted by Crippen LogP contribution is 2.39. The van der Waals surface area contributed by atoms with Gasteiger partial charge in [-0.3, -0.25) is 4.79 Å². The van der Waals surface area contributed by atoms with E-state index in [2.05, 4.69) is 0 Å². The van der Waals surface area contributed by atoms with Gasteiger partial charge in [0.05, 0.1) is 25.4 Å². The molecule has 22 heavy (non-hydrogen) atoms. The monoisotopic (exact) mass is 311 g/mol. The quantitative estimate of drug-likeness (QED) is 0.695. The Balaban J connectivity index is 3.17. The molecule has 122 valence electrons. The average Bonchev–Trinajstić information content (AvgIpc) is 2.48. The molecule has 0 fully saturated rings. The third-order valence-electron chi connectivity index (χ3n) is 2.49. The molecule has 0 saturated heterocycles. The highest BCUT2D eigenvalue weighted by atomic mass is 16.5. The fourth-order valence-corrected chi connectivity index (χ4v) is 1.73. The van der Waals surface area contributed by atoms with Crippen LogP contribution in [-0.2, 0) is 9.53 Å². The molecule has 0 bridgehead atoms. The third kappa shape index (κ3) is 4.83. The lowest BCUT2D eigenvalue weighted by Crippen LogP contribution is -2.21. The van der Waals surface area contributed by atoms with Gasteiger partial charge in [0.1, 0.15) is 0 Å². The molecule has 1 aromatic carbocycles. The number of hydrogen-bond donors (Lipinski definition) is 1. The highest BCUT2D eigenvalue weighted by molar-refractivity contribution is 5.92. The van der Waals surface area contributed by atoms with Crippen molar-refractivity contribution in [1.82, 2.24) is 0 Å². The lowest BCUT2D eigenvalue weighted by molar-refractivity contribution is -0.121. The van der Waals surface area contributed by atoms with E-state index in [9.17, 15) is 9.59 Å². The summed E-state index contributed by atoms with van der Waals surface area (Å²) in [5, 5.41) is 0. The van der Waals surface area contributed by atoms with Crippen LogP contribution in [-0.4, -0.2) is 38.3 Å². The lowest BCUT2D eigenvalue weighted by atomic mass is 10.2. The van der Waals surface area contributed by atoms with Gasteiger partial charge in [0.2, 0.25) is 5.75 Å². The second-order valence-electron chi connectivity index (χ2n) is 4.14. The first-order valence-electron chi connectivity index (χ1n) is 7.05. The average molecular weight is 311 g/mol. The van der Waals surface area contributed by atoms with Crippen molar-refractivity contribution in [3.05, 3.63) is 17.7 Å². The topological polar surface area (TPSA) is 97.1 Å². The number of esters is 1. The molecule has 1 rings (SSSR count). The summed E-state index contributed by atoms with van der Waals surface area (Å²) in [5.74, 6) is -0.238. The maximum atomic E-state index is 11.9. The zero-order valence-corrected chi connectivity index (χ0v) is 13.0. The molecule has 0 spiro atoms. The number of amides is 1. The molecule has 1 amide bonds. The third-order valence-corrected chi connectivity index (χ3v) is 2.49. The minimum absolute atomic E-state index is 0.191. The van der Waals surface area contributed by atoms with Gasteiger partial charge in [-0.15, -0.1) is 0 Å². The Morgan fingerprint density at radius 2 is 1.45 bits per heavy atom. The highest BCUT2D eigenvalue weighted by Gasteiger charge is 2.19. The maximum absolute atomic E-state index is 11.9. The molecule has 0 radical (unpaired) electrons. The summed E-state index contributed by atoms with van der Waals surface area (Å²) in [6.45, 7) is 6.19. The van der Waals surface area contributed by atoms with Crippen molar-refractivity contribution in [3.8, 4) is 17.2 Å². The predicted octanol–water partition coefficient (Wildman–Crippen LogP) is 1.52. The van der Waals surface area contributed by atoms with E-state index < -0.39 is 18.5 Å². The van der Waals surface area contributed by atoms with Crippen LogP contribution in [0.25, 0.3) is 0 Å². The molecule has 0 aliphatic heterocycles. The summed E-state index contributed by atoms with van der Waals surface area (Å²) in [4.78, 5) is 22.6. The van der Waals surface area contributed by atoms with Crippen LogP contribution in [0.3, 0.4) is 0 Å². The molecule has 0 aromatic heterocycles. The van der Waals surface area contributed by atoms with Crippen molar-refractivity contribution in [2.24, 2.45) is 5.73 Å². The molecule has 0 atom stereocenters. The van der Waals surface area contributed by atoms with Gasteiger partial charge in [0, 0.05) is 0 Å².